The molecule has 0 N–H and O–H groups in total. The molecule has 148 valence electrons. The first-order chi connectivity index (χ1) is 13.3. The summed E-state index contributed by atoms with van der Waals surface area (Å²) in [5, 5.41) is 0.706. The van der Waals surface area contributed by atoms with E-state index in [0.717, 1.165) is 32.9 Å². The van der Waals surface area contributed by atoms with Gasteiger partial charge in [-0.15, -0.1) is 11.8 Å². The Hall–Kier alpha value is -1.78. The number of ether oxygens (including phenoxy) is 1. The molecule has 0 spiro atoms. The van der Waals surface area contributed by atoms with Crippen LogP contribution in [-0.4, -0.2) is 23.6 Å². The van der Waals surface area contributed by atoms with E-state index in [1.165, 1.54) is 0 Å². The molecule has 0 bridgehead atoms. The second kappa shape index (κ2) is 8.71. The van der Waals surface area contributed by atoms with Crippen LogP contribution in [0.2, 0.25) is 5.02 Å². The summed E-state index contributed by atoms with van der Waals surface area (Å²) >= 11 is 7.59. The second-order valence-corrected chi connectivity index (χ2v) is 9.16. The van der Waals surface area contributed by atoms with Crippen molar-refractivity contribution in [1.29, 1.82) is 0 Å². The van der Waals surface area contributed by atoms with Gasteiger partial charge < -0.3 is 4.74 Å². The van der Waals surface area contributed by atoms with Gasteiger partial charge in [-0.3, -0.25) is 9.59 Å². The molecule has 28 heavy (non-hydrogen) atoms. The summed E-state index contributed by atoms with van der Waals surface area (Å²) in [6.45, 7) is 7.94. The van der Waals surface area contributed by atoms with E-state index in [-0.39, 0.29) is 24.2 Å². The molecule has 3 unspecified atom stereocenters. The normalized spacial score (nSPS) is 20.8. The highest BCUT2D eigenvalue weighted by Crippen LogP contribution is 2.35. The van der Waals surface area contributed by atoms with Crippen LogP contribution in [-0.2, 0) is 14.3 Å². The van der Waals surface area contributed by atoms with Crippen LogP contribution in [0.15, 0.2) is 41.3 Å². The minimum absolute atomic E-state index is 0.0420. The number of esters is 1. The molecule has 5 heteroatoms. The topological polar surface area (TPSA) is 43.4 Å². The first kappa shape index (κ1) is 20.9. The zero-order valence-electron chi connectivity index (χ0n) is 16.6. The maximum absolute atomic E-state index is 12.9. The number of halogens is 1. The van der Waals surface area contributed by atoms with Crippen molar-refractivity contribution in [1.82, 2.24) is 0 Å². The van der Waals surface area contributed by atoms with Gasteiger partial charge in [0.2, 0.25) is 0 Å². The maximum atomic E-state index is 12.9. The molecule has 3 nitrogen and oxygen atoms in total. The Morgan fingerprint density at radius 1 is 1.11 bits per heavy atom. The van der Waals surface area contributed by atoms with Crippen LogP contribution in [0.5, 0.6) is 0 Å². The molecule has 3 rings (SSSR count). The van der Waals surface area contributed by atoms with Crippen LogP contribution >= 0.6 is 23.4 Å². The van der Waals surface area contributed by atoms with Crippen LogP contribution in [0.4, 0.5) is 0 Å². The van der Waals surface area contributed by atoms with Crippen molar-refractivity contribution < 1.29 is 14.3 Å². The monoisotopic (exact) mass is 416 g/mol. The number of hydrogen-bond donors (Lipinski definition) is 0. The summed E-state index contributed by atoms with van der Waals surface area (Å²) in [5.41, 5.74) is 3.87. The highest BCUT2D eigenvalue weighted by Gasteiger charge is 2.41. The lowest BCUT2D eigenvalue weighted by atomic mass is 9.82. The summed E-state index contributed by atoms with van der Waals surface area (Å²) in [4.78, 5) is 26.8. The minimum atomic E-state index is -0.798. The van der Waals surface area contributed by atoms with E-state index in [2.05, 4.69) is 0 Å². The van der Waals surface area contributed by atoms with Gasteiger partial charge in [-0.05, 0) is 61.7 Å². The quantitative estimate of drug-likeness (QED) is 0.358. The Bertz CT molecular complexity index is 850. The van der Waals surface area contributed by atoms with Gasteiger partial charge in [0.25, 0.3) is 0 Å². The predicted octanol–water partition coefficient (Wildman–Crippen LogP) is 5.66. The number of carbonyl (C=O) groups is 2. The molecule has 1 heterocycles. The fourth-order valence-corrected chi connectivity index (χ4v) is 4.94. The zero-order chi connectivity index (χ0) is 20.4. The Kier molecular flexibility index (Phi) is 6.51. The van der Waals surface area contributed by atoms with Crippen molar-refractivity contribution >= 4 is 35.1 Å². The number of ketones is 1. The first-order valence-corrected chi connectivity index (χ1v) is 10.8. The van der Waals surface area contributed by atoms with Crippen molar-refractivity contribution in [3.05, 3.63) is 63.7 Å². The van der Waals surface area contributed by atoms with Gasteiger partial charge in [0.1, 0.15) is 12.0 Å². The maximum Gasteiger partial charge on any atom is 0.321 e. The van der Waals surface area contributed by atoms with Crippen LogP contribution in [0, 0.1) is 26.7 Å². The smallest absolute Gasteiger partial charge is 0.321 e. The molecule has 1 aliphatic heterocycles. The van der Waals surface area contributed by atoms with Crippen LogP contribution < -0.4 is 0 Å². The van der Waals surface area contributed by atoms with Crippen LogP contribution in [0.3, 0.4) is 0 Å². The van der Waals surface area contributed by atoms with Crippen LogP contribution in [0.1, 0.15) is 41.5 Å². The van der Waals surface area contributed by atoms with Crippen molar-refractivity contribution in [3.8, 4) is 0 Å². The van der Waals surface area contributed by atoms with Gasteiger partial charge >= 0.3 is 5.97 Å². The summed E-state index contributed by atoms with van der Waals surface area (Å²) in [5.74, 6) is -0.415. The Balaban J connectivity index is 1.68. The predicted molar refractivity (Wildman–Crippen MR) is 114 cm³/mol. The standard InChI is InChI=1S/C23H25ClO3S/c1-13-9-14(2)21(15(3)10-13)22-19(25)11-20(27-23(22)26)16(4)12-28-18-7-5-17(24)6-8-18/h5-10,16,20,22H,11-12H2,1-4H3. The third kappa shape index (κ3) is 4.61. The molecule has 1 fully saturated rings. The lowest BCUT2D eigenvalue weighted by molar-refractivity contribution is -0.162. The number of benzene rings is 2. The number of cyclic esters (lactones) is 1. The first-order valence-electron chi connectivity index (χ1n) is 9.45. The molecular formula is C23H25ClO3S. The molecule has 0 radical (unpaired) electrons. The molecule has 0 amide bonds. The minimum Gasteiger partial charge on any atom is -0.461 e. The third-order valence-corrected chi connectivity index (χ3v) is 6.77. The second-order valence-electron chi connectivity index (χ2n) is 7.63. The van der Waals surface area contributed by atoms with E-state index in [4.69, 9.17) is 16.3 Å². The summed E-state index contributed by atoms with van der Waals surface area (Å²) in [7, 11) is 0. The third-order valence-electron chi connectivity index (χ3n) is 5.22. The van der Waals surface area contributed by atoms with Gasteiger partial charge in [-0.2, -0.15) is 0 Å². The molecular weight excluding hydrogens is 392 g/mol. The fourth-order valence-electron chi connectivity index (χ4n) is 3.82. The number of aryl methyl sites for hydroxylation is 3. The lowest BCUT2D eigenvalue weighted by Gasteiger charge is -2.32. The number of carbonyl (C=O) groups excluding carboxylic acids is 2. The van der Waals surface area contributed by atoms with E-state index in [1.54, 1.807) is 11.8 Å². The van der Waals surface area contributed by atoms with Crippen molar-refractivity contribution in [2.45, 2.75) is 51.0 Å². The number of thioether (sulfide) groups is 1. The van der Waals surface area contributed by atoms with Gasteiger partial charge in [-0.25, -0.2) is 0 Å². The van der Waals surface area contributed by atoms with Gasteiger partial charge in [0, 0.05) is 28.0 Å². The Labute approximate surface area is 175 Å². The number of Topliss-reactive ketones (excluding diaryl/α,β-unsaturated/α-hetero) is 1. The van der Waals surface area contributed by atoms with E-state index < -0.39 is 11.9 Å². The van der Waals surface area contributed by atoms with E-state index >= 15 is 0 Å². The Morgan fingerprint density at radius 3 is 2.29 bits per heavy atom. The summed E-state index contributed by atoms with van der Waals surface area (Å²) < 4.78 is 5.74. The molecule has 1 saturated heterocycles. The average Bonchev–Trinajstić information content (AvgIpc) is 2.62. The fraction of sp³-hybridized carbons (Fsp3) is 0.391. The van der Waals surface area contributed by atoms with Crippen molar-refractivity contribution in [2.75, 3.05) is 5.75 Å². The van der Waals surface area contributed by atoms with Crippen molar-refractivity contribution in [2.24, 2.45) is 5.92 Å². The SMILES string of the molecule is Cc1cc(C)c(C2C(=O)CC(C(C)CSc3ccc(Cl)cc3)OC2=O)c(C)c1. The van der Waals surface area contributed by atoms with Crippen LogP contribution in [0.25, 0.3) is 0 Å². The number of hydrogen-bond acceptors (Lipinski definition) is 4. The van der Waals surface area contributed by atoms with E-state index in [0.29, 0.717) is 5.02 Å². The largest absolute Gasteiger partial charge is 0.461 e. The summed E-state index contributed by atoms with van der Waals surface area (Å²) in [6, 6.07) is 11.7. The highest BCUT2D eigenvalue weighted by atomic mass is 35.5. The van der Waals surface area contributed by atoms with Gasteiger partial charge in [0.05, 0.1) is 0 Å². The Morgan fingerprint density at radius 2 is 1.71 bits per heavy atom. The van der Waals surface area contributed by atoms with E-state index in [1.807, 2.05) is 64.1 Å². The van der Waals surface area contributed by atoms with Gasteiger partial charge in [0.15, 0.2) is 5.78 Å². The highest BCUT2D eigenvalue weighted by molar-refractivity contribution is 7.99. The molecule has 3 atom stereocenters. The van der Waals surface area contributed by atoms with E-state index in [9.17, 15) is 9.59 Å². The molecule has 2 aromatic rings. The molecule has 0 aliphatic carbocycles. The summed E-state index contributed by atoms with van der Waals surface area (Å²) in [6.07, 6.45) is -0.104. The molecule has 1 aliphatic rings. The molecule has 2 aromatic carbocycles. The van der Waals surface area contributed by atoms with Crippen molar-refractivity contribution in [3.63, 3.8) is 0 Å². The lowest BCUT2D eigenvalue weighted by Crippen LogP contribution is -2.41. The van der Waals surface area contributed by atoms with Gasteiger partial charge in [-0.1, -0.05) is 36.2 Å². The molecule has 0 saturated carbocycles. The average molecular weight is 417 g/mol. The number of rotatable bonds is 5. The zero-order valence-corrected chi connectivity index (χ0v) is 18.2. The molecule has 0 aromatic heterocycles.